The van der Waals surface area contributed by atoms with Crippen molar-refractivity contribution >= 4 is 11.8 Å². The van der Waals surface area contributed by atoms with Crippen LogP contribution >= 0.6 is 0 Å². The second-order valence-corrected chi connectivity index (χ2v) is 7.00. The first-order valence-electron chi connectivity index (χ1n) is 8.95. The lowest BCUT2D eigenvalue weighted by molar-refractivity contribution is 0.0526. The van der Waals surface area contributed by atoms with Crippen LogP contribution in [-0.2, 0) is 11.3 Å². The van der Waals surface area contributed by atoms with Gasteiger partial charge in [-0.25, -0.2) is 9.78 Å². The lowest BCUT2D eigenvalue weighted by atomic mass is 10.2. The highest BCUT2D eigenvalue weighted by atomic mass is 16.5. The molecule has 2 aromatic heterocycles. The number of ether oxygens (including phenoxy) is 1. The highest BCUT2D eigenvalue weighted by Gasteiger charge is 2.45. The molecule has 0 spiro atoms. The molecule has 0 radical (unpaired) electrons. The monoisotopic (exact) mass is 351 g/mol. The minimum atomic E-state index is -0.520. The SMILES string of the molecule is CCOC(=O)c1cn(Cc2ccc(N3CC4C[C@H]4C3)nc2C)nc1C#N. The predicted octanol–water partition coefficient (Wildman–Crippen LogP) is 2.14. The van der Waals surface area contributed by atoms with E-state index >= 15 is 0 Å². The van der Waals surface area contributed by atoms with Crippen molar-refractivity contribution in [3.63, 3.8) is 0 Å². The number of rotatable bonds is 5. The molecule has 1 aliphatic heterocycles. The number of aromatic nitrogens is 3. The van der Waals surface area contributed by atoms with Crippen molar-refractivity contribution in [1.82, 2.24) is 14.8 Å². The van der Waals surface area contributed by atoms with Crippen LogP contribution in [-0.4, -0.2) is 40.4 Å². The number of aryl methyl sites for hydroxylation is 1. The molecule has 7 heteroatoms. The van der Waals surface area contributed by atoms with Crippen LogP contribution in [0.2, 0.25) is 0 Å². The zero-order valence-corrected chi connectivity index (χ0v) is 15.0. The molecular formula is C19H21N5O2. The second kappa shape index (κ2) is 6.45. The predicted molar refractivity (Wildman–Crippen MR) is 94.8 cm³/mol. The van der Waals surface area contributed by atoms with E-state index < -0.39 is 5.97 Å². The molecule has 7 nitrogen and oxygen atoms in total. The summed E-state index contributed by atoms with van der Waals surface area (Å²) >= 11 is 0. The molecule has 0 amide bonds. The highest BCUT2D eigenvalue weighted by Crippen LogP contribution is 2.45. The molecule has 26 heavy (non-hydrogen) atoms. The topological polar surface area (TPSA) is 84.0 Å². The molecule has 2 fully saturated rings. The van der Waals surface area contributed by atoms with Crippen LogP contribution in [0.3, 0.4) is 0 Å². The van der Waals surface area contributed by atoms with Gasteiger partial charge in [-0.15, -0.1) is 0 Å². The third kappa shape index (κ3) is 3.03. The summed E-state index contributed by atoms with van der Waals surface area (Å²) in [7, 11) is 0. The van der Waals surface area contributed by atoms with Crippen molar-refractivity contribution in [2.45, 2.75) is 26.8 Å². The van der Waals surface area contributed by atoms with Gasteiger partial charge in [-0.1, -0.05) is 6.07 Å². The van der Waals surface area contributed by atoms with E-state index in [-0.39, 0.29) is 17.9 Å². The van der Waals surface area contributed by atoms with Gasteiger partial charge in [0, 0.05) is 25.0 Å². The van der Waals surface area contributed by atoms with Crippen LogP contribution < -0.4 is 4.90 Å². The summed E-state index contributed by atoms with van der Waals surface area (Å²) in [5.41, 5.74) is 2.24. The van der Waals surface area contributed by atoms with Crippen LogP contribution in [0.25, 0.3) is 0 Å². The van der Waals surface area contributed by atoms with E-state index in [1.54, 1.807) is 17.8 Å². The number of nitriles is 1. The van der Waals surface area contributed by atoms with E-state index in [1.165, 1.54) is 6.42 Å². The molecule has 1 aliphatic carbocycles. The number of carbonyl (C=O) groups is 1. The van der Waals surface area contributed by atoms with Crippen molar-refractivity contribution in [3.8, 4) is 6.07 Å². The molecule has 1 saturated heterocycles. The van der Waals surface area contributed by atoms with E-state index in [0.29, 0.717) is 6.54 Å². The fraction of sp³-hybridized carbons (Fsp3) is 0.474. The van der Waals surface area contributed by atoms with E-state index in [1.807, 2.05) is 19.1 Å². The summed E-state index contributed by atoms with van der Waals surface area (Å²) < 4.78 is 6.58. The van der Waals surface area contributed by atoms with Crippen molar-refractivity contribution in [2.75, 3.05) is 24.6 Å². The largest absolute Gasteiger partial charge is 0.462 e. The van der Waals surface area contributed by atoms with E-state index in [9.17, 15) is 10.1 Å². The van der Waals surface area contributed by atoms with E-state index in [4.69, 9.17) is 9.72 Å². The molecule has 0 bridgehead atoms. The van der Waals surface area contributed by atoms with Crippen molar-refractivity contribution < 1.29 is 9.53 Å². The van der Waals surface area contributed by atoms with Crippen molar-refractivity contribution in [1.29, 1.82) is 5.26 Å². The van der Waals surface area contributed by atoms with E-state index in [0.717, 1.165) is 42.0 Å². The first kappa shape index (κ1) is 16.6. The molecule has 1 unspecified atom stereocenters. The Kier molecular flexibility index (Phi) is 4.11. The maximum absolute atomic E-state index is 11.9. The number of hydrogen-bond donors (Lipinski definition) is 0. The Morgan fingerprint density at radius 3 is 2.81 bits per heavy atom. The smallest absolute Gasteiger partial charge is 0.342 e. The molecule has 2 atom stereocenters. The molecule has 1 saturated carbocycles. The maximum Gasteiger partial charge on any atom is 0.342 e. The molecule has 2 aliphatic rings. The molecule has 3 heterocycles. The van der Waals surface area contributed by atoms with Gasteiger partial charge in [0.05, 0.1) is 13.2 Å². The first-order valence-corrected chi connectivity index (χ1v) is 8.95. The van der Waals surface area contributed by atoms with Gasteiger partial charge in [0.15, 0.2) is 5.69 Å². The summed E-state index contributed by atoms with van der Waals surface area (Å²) in [5, 5.41) is 13.4. The Morgan fingerprint density at radius 2 is 2.15 bits per heavy atom. The average molecular weight is 351 g/mol. The molecule has 0 N–H and O–H groups in total. The number of anilines is 1. The Bertz CT molecular complexity index is 888. The van der Waals surface area contributed by atoms with E-state index in [2.05, 4.69) is 16.1 Å². The van der Waals surface area contributed by atoms with Gasteiger partial charge in [0.25, 0.3) is 0 Å². The van der Waals surface area contributed by atoms with Gasteiger partial charge in [-0.05, 0) is 43.7 Å². The summed E-state index contributed by atoms with van der Waals surface area (Å²) in [5.74, 6) is 2.25. The summed E-state index contributed by atoms with van der Waals surface area (Å²) in [6.45, 7) is 6.66. The van der Waals surface area contributed by atoms with Gasteiger partial charge in [-0.3, -0.25) is 4.68 Å². The summed E-state index contributed by atoms with van der Waals surface area (Å²) in [6.07, 6.45) is 2.94. The minimum absolute atomic E-state index is 0.0852. The number of carbonyl (C=O) groups excluding carboxylic acids is 1. The Balaban J connectivity index is 1.52. The fourth-order valence-corrected chi connectivity index (χ4v) is 3.62. The number of nitrogens with zero attached hydrogens (tertiary/aromatic N) is 5. The Labute approximate surface area is 152 Å². The number of fused-ring (bicyclic) bond motifs is 1. The van der Waals surface area contributed by atoms with Crippen molar-refractivity contribution in [2.24, 2.45) is 11.8 Å². The number of esters is 1. The normalized spacial score (nSPS) is 20.6. The number of pyridine rings is 1. The quantitative estimate of drug-likeness (QED) is 0.768. The second-order valence-electron chi connectivity index (χ2n) is 7.00. The molecule has 0 aromatic carbocycles. The number of hydrogen-bond acceptors (Lipinski definition) is 6. The molecular weight excluding hydrogens is 330 g/mol. The standard InChI is InChI=1S/C19H21N5O2/c1-3-26-19(25)16-11-24(22-17(16)7-20)10-13-4-5-18(21-12(13)2)23-8-14-6-15(14)9-23/h4-5,11,14-15H,3,6,8-10H2,1-2H3/t14-,15?/m0/s1. The average Bonchev–Trinajstić information content (AvgIpc) is 3.05. The summed E-state index contributed by atoms with van der Waals surface area (Å²) in [4.78, 5) is 19.0. The Hall–Kier alpha value is -2.88. The van der Waals surface area contributed by atoms with Crippen LogP contribution in [0.4, 0.5) is 5.82 Å². The van der Waals surface area contributed by atoms with Crippen molar-refractivity contribution in [3.05, 3.63) is 40.8 Å². The van der Waals surface area contributed by atoms with Crippen LogP contribution in [0.15, 0.2) is 18.3 Å². The van der Waals surface area contributed by atoms with Gasteiger partial charge < -0.3 is 9.64 Å². The van der Waals surface area contributed by atoms with Crippen LogP contribution in [0, 0.1) is 30.1 Å². The third-order valence-corrected chi connectivity index (χ3v) is 5.18. The Morgan fingerprint density at radius 1 is 1.38 bits per heavy atom. The first-order chi connectivity index (χ1) is 12.6. The van der Waals surface area contributed by atoms with Crippen LogP contribution in [0.1, 0.15) is 40.7 Å². The van der Waals surface area contributed by atoms with Gasteiger partial charge in [0.1, 0.15) is 17.5 Å². The van der Waals surface area contributed by atoms with Gasteiger partial charge in [-0.2, -0.15) is 10.4 Å². The minimum Gasteiger partial charge on any atom is -0.462 e. The molecule has 4 rings (SSSR count). The number of piperidine rings is 1. The lowest BCUT2D eigenvalue weighted by Gasteiger charge is -2.20. The van der Waals surface area contributed by atoms with Gasteiger partial charge >= 0.3 is 5.97 Å². The summed E-state index contributed by atoms with van der Waals surface area (Å²) in [6, 6.07) is 6.06. The zero-order chi connectivity index (χ0) is 18.3. The fourth-order valence-electron chi connectivity index (χ4n) is 3.62. The molecule has 2 aromatic rings. The van der Waals surface area contributed by atoms with Crippen LogP contribution in [0.5, 0.6) is 0 Å². The van der Waals surface area contributed by atoms with Gasteiger partial charge in [0.2, 0.25) is 0 Å². The highest BCUT2D eigenvalue weighted by molar-refractivity contribution is 5.91. The lowest BCUT2D eigenvalue weighted by Crippen LogP contribution is -2.23. The third-order valence-electron chi connectivity index (χ3n) is 5.18. The maximum atomic E-state index is 11.9. The molecule has 134 valence electrons. The zero-order valence-electron chi connectivity index (χ0n) is 15.0.